The lowest BCUT2D eigenvalue weighted by molar-refractivity contribution is -0.242. The van der Waals surface area contributed by atoms with E-state index in [4.69, 9.17) is 9.47 Å². The molecule has 1 saturated carbocycles. The summed E-state index contributed by atoms with van der Waals surface area (Å²) in [4.78, 5) is 12.1. The van der Waals surface area contributed by atoms with Crippen molar-refractivity contribution in [3.8, 4) is 0 Å². The Morgan fingerprint density at radius 1 is 1.50 bits per heavy atom. The first-order chi connectivity index (χ1) is 8.59. The molecule has 0 aromatic heterocycles. The summed E-state index contributed by atoms with van der Waals surface area (Å²) in [5.74, 6) is -0.831. The summed E-state index contributed by atoms with van der Waals surface area (Å²) in [5, 5.41) is 0. The number of carbonyl (C=O) groups excluding carboxylic acids is 1. The quantitative estimate of drug-likeness (QED) is 0.555. The first-order valence-electron chi connectivity index (χ1n) is 7.07. The van der Waals surface area contributed by atoms with E-state index >= 15 is 0 Å². The van der Waals surface area contributed by atoms with Crippen molar-refractivity contribution >= 4 is 5.97 Å². The van der Waals surface area contributed by atoms with Crippen molar-refractivity contribution in [1.82, 2.24) is 0 Å². The SMILES string of the molecule is C=CCC12CCCC1(OC(=O)C(C)CC)OCC2. The van der Waals surface area contributed by atoms with Gasteiger partial charge in [-0.05, 0) is 32.1 Å². The minimum atomic E-state index is -0.665. The molecular formula is C15H24O3. The third kappa shape index (κ3) is 1.99. The van der Waals surface area contributed by atoms with E-state index < -0.39 is 5.79 Å². The van der Waals surface area contributed by atoms with E-state index in [0.717, 1.165) is 38.5 Å². The molecule has 3 heteroatoms. The molecule has 2 fully saturated rings. The van der Waals surface area contributed by atoms with Crippen molar-refractivity contribution in [1.29, 1.82) is 0 Å². The van der Waals surface area contributed by atoms with Crippen molar-refractivity contribution in [2.75, 3.05) is 6.61 Å². The van der Waals surface area contributed by atoms with E-state index in [9.17, 15) is 4.79 Å². The van der Waals surface area contributed by atoms with Gasteiger partial charge in [0.2, 0.25) is 5.79 Å². The highest BCUT2D eigenvalue weighted by Gasteiger charge is 2.61. The monoisotopic (exact) mass is 252 g/mol. The Kier molecular flexibility index (Phi) is 3.81. The summed E-state index contributed by atoms with van der Waals surface area (Å²) < 4.78 is 11.7. The molecule has 0 aromatic rings. The molecule has 0 spiro atoms. The fourth-order valence-electron chi connectivity index (χ4n) is 3.32. The zero-order chi connectivity index (χ0) is 13.2. The first kappa shape index (κ1) is 13.6. The van der Waals surface area contributed by atoms with Crippen LogP contribution in [0.25, 0.3) is 0 Å². The lowest BCUT2D eigenvalue weighted by atomic mass is 9.77. The maximum atomic E-state index is 12.1. The molecule has 0 bridgehead atoms. The van der Waals surface area contributed by atoms with Crippen LogP contribution in [0.15, 0.2) is 12.7 Å². The van der Waals surface area contributed by atoms with Crippen LogP contribution in [0.3, 0.4) is 0 Å². The summed E-state index contributed by atoms with van der Waals surface area (Å²) in [6.07, 6.45) is 7.58. The maximum Gasteiger partial charge on any atom is 0.311 e. The third-order valence-electron chi connectivity index (χ3n) is 4.70. The largest absolute Gasteiger partial charge is 0.432 e. The van der Waals surface area contributed by atoms with E-state index in [2.05, 4.69) is 6.58 Å². The molecule has 2 rings (SSSR count). The molecule has 0 aromatic carbocycles. The van der Waals surface area contributed by atoms with Gasteiger partial charge in [0.1, 0.15) is 0 Å². The smallest absolute Gasteiger partial charge is 0.311 e. The molecular weight excluding hydrogens is 228 g/mol. The van der Waals surface area contributed by atoms with Crippen LogP contribution in [0.2, 0.25) is 0 Å². The summed E-state index contributed by atoms with van der Waals surface area (Å²) >= 11 is 0. The van der Waals surface area contributed by atoms with E-state index in [1.165, 1.54) is 0 Å². The molecule has 1 aliphatic heterocycles. The Morgan fingerprint density at radius 3 is 2.94 bits per heavy atom. The van der Waals surface area contributed by atoms with Crippen molar-refractivity contribution in [2.24, 2.45) is 11.3 Å². The van der Waals surface area contributed by atoms with Gasteiger partial charge in [0, 0.05) is 11.8 Å². The molecule has 3 unspecified atom stereocenters. The lowest BCUT2D eigenvalue weighted by Gasteiger charge is -2.38. The van der Waals surface area contributed by atoms with Gasteiger partial charge in [0.25, 0.3) is 0 Å². The molecule has 0 N–H and O–H groups in total. The summed E-state index contributed by atoms with van der Waals surface area (Å²) in [6.45, 7) is 8.46. The minimum absolute atomic E-state index is 0.0160. The Hall–Kier alpha value is -0.830. The van der Waals surface area contributed by atoms with Crippen molar-refractivity contribution in [3.05, 3.63) is 12.7 Å². The summed E-state index contributed by atoms with van der Waals surface area (Å²) in [5.41, 5.74) is -0.0160. The molecule has 0 radical (unpaired) electrons. The highest BCUT2D eigenvalue weighted by Crippen LogP contribution is 2.58. The van der Waals surface area contributed by atoms with Gasteiger partial charge in [-0.2, -0.15) is 0 Å². The Bertz CT molecular complexity index is 325. The van der Waals surface area contributed by atoms with Crippen LogP contribution in [-0.2, 0) is 14.3 Å². The number of allylic oxidation sites excluding steroid dienone is 1. The van der Waals surface area contributed by atoms with Gasteiger partial charge >= 0.3 is 5.97 Å². The van der Waals surface area contributed by atoms with Crippen LogP contribution in [0.5, 0.6) is 0 Å². The summed E-state index contributed by atoms with van der Waals surface area (Å²) in [6, 6.07) is 0. The number of hydrogen-bond donors (Lipinski definition) is 0. The standard InChI is InChI=1S/C15H24O3/c1-4-7-14-8-6-9-15(14,17-11-10-14)18-13(16)12(3)5-2/h4,12H,1,5-11H2,2-3H3. The van der Waals surface area contributed by atoms with Crippen molar-refractivity contribution in [2.45, 2.75) is 58.2 Å². The minimum Gasteiger partial charge on any atom is -0.432 e. The molecule has 1 heterocycles. The van der Waals surface area contributed by atoms with Gasteiger partial charge in [-0.3, -0.25) is 4.79 Å². The maximum absolute atomic E-state index is 12.1. The Labute approximate surface area is 110 Å². The molecule has 18 heavy (non-hydrogen) atoms. The molecule has 102 valence electrons. The molecule has 3 atom stereocenters. The van der Waals surface area contributed by atoms with Gasteiger partial charge < -0.3 is 9.47 Å². The van der Waals surface area contributed by atoms with Crippen molar-refractivity contribution < 1.29 is 14.3 Å². The first-order valence-corrected chi connectivity index (χ1v) is 7.07. The average Bonchev–Trinajstić information content (AvgIpc) is 2.82. The van der Waals surface area contributed by atoms with Crippen LogP contribution in [0.1, 0.15) is 52.4 Å². The van der Waals surface area contributed by atoms with E-state index in [1.807, 2.05) is 19.9 Å². The topological polar surface area (TPSA) is 35.5 Å². The fraction of sp³-hybridized carbons (Fsp3) is 0.800. The van der Waals surface area contributed by atoms with Gasteiger partial charge in [-0.25, -0.2) is 0 Å². The van der Waals surface area contributed by atoms with Gasteiger partial charge in [0.15, 0.2) is 0 Å². The highest BCUT2D eigenvalue weighted by molar-refractivity contribution is 5.72. The Morgan fingerprint density at radius 2 is 2.28 bits per heavy atom. The molecule has 0 amide bonds. The second-order valence-electron chi connectivity index (χ2n) is 5.71. The van der Waals surface area contributed by atoms with Crippen LogP contribution in [0, 0.1) is 11.3 Å². The Balaban J connectivity index is 2.17. The number of rotatable bonds is 5. The summed E-state index contributed by atoms with van der Waals surface area (Å²) in [7, 11) is 0. The second kappa shape index (κ2) is 5.04. The molecule has 1 saturated heterocycles. The average molecular weight is 252 g/mol. The van der Waals surface area contributed by atoms with E-state index in [-0.39, 0.29) is 17.3 Å². The number of ether oxygens (including phenoxy) is 2. The van der Waals surface area contributed by atoms with Crippen LogP contribution in [-0.4, -0.2) is 18.4 Å². The van der Waals surface area contributed by atoms with E-state index in [0.29, 0.717) is 6.61 Å². The van der Waals surface area contributed by atoms with Gasteiger partial charge in [-0.1, -0.05) is 19.9 Å². The van der Waals surface area contributed by atoms with Crippen molar-refractivity contribution in [3.63, 3.8) is 0 Å². The lowest BCUT2D eigenvalue weighted by Crippen LogP contribution is -2.45. The van der Waals surface area contributed by atoms with Crippen LogP contribution >= 0.6 is 0 Å². The third-order valence-corrected chi connectivity index (χ3v) is 4.70. The fourth-order valence-corrected chi connectivity index (χ4v) is 3.32. The molecule has 1 aliphatic carbocycles. The zero-order valence-electron chi connectivity index (χ0n) is 11.5. The second-order valence-corrected chi connectivity index (χ2v) is 5.71. The highest BCUT2D eigenvalue weighted by atomic mass is 16.7. The normalized spacial score (nSPS) is 36.1. The van der Waals surface area contributed by atoms with Gasteiger partial charge in [0.05, 0.1) is 12.5 Å². The van der Waals surface area contributed by atoms with Crippen LogP contribution in [0.4, 0.5) is 0 Å². The zero-order valence-corrected chi connectivity index (χ0v) is 11.5. The molecule has 2 aliphatic rings. The number of esters is 1. The predicted octanol–water partition coefficient (Wildman–Crippen LogP) is 3.44. The number of fused-ring (bicyclic) bond motifs is 1. The number of carbonyl (C=O) groups is 1. The van der Waals surface area contributed by atoms with Crippen LogP contribution < -0.4 is 0 Å². The molecule has 3 nitrogen and oxygen atoms in total. The predicted molar refractivity (Wildman–Crippen MR) is 69.9 cm³/mol. The van der Waals surface area contributed by atoms with E-state index in [1.54, 1.807) is 0 Å². The number of hydrogen-bond acceptors (Lipinski definition) is 3. The van der Waals surface area contributed by atoms with Gasteiger partial charge in [-0.15, -0.1) is 6.58 Å².